The lowest BCUT2D eigenvalue weighted by Crippen LogP contribution is -2.20. The lowest BCUT2D eigenvalue weighted by molar-refractivity contribution is 0.101. The Morgan fingerprint density at radius 2 is 1.71 bits per heavy atom. The minimum Gasteiger partial charge on any atom is -0.320 e. The van der Waals surface area contributed by atoms with E-state index in [1.54, 1.807) is 0 Å². The van der Waals surface area contributed by atoms with Crippen LogP contribution in [0.2, 0.25) is 0 Å². The third-order valence-corrected chi connectivity index (χ3v) is 4.66. The number of imidazole rings is 1. The standard InChI is InChI=1S/C23H22N4O/c1-16-14-17(2)24-21(15-16)26-23(28)22-25-19-10-6-7-11-20(19)27(22)13-12-18-8-4-3-5-9-18/h3-11,14-15H,12-13H2,1-2H3,(H,24,26,28). The van der Waals surface area contributed by atoms with Gasteiger partial charge in [-0.25, -0.2) is 9.97 Å². The molecule has 0 atom stereocenters. The van der Waals surface area contributed by atoms with E-state index in [1.807, 2.05) is 73.0 Å². The topological polar surface area (TPSA) is 59.8 Å². The van der Waals surface area contributed by atoms with Gasteiger partial charge >= 0.3 is 0 Å². The third kappa shape index (κ3) is 3.78. The van der Waals surface area contributed by atoms with Crippen LogP contribution in [-0.4, -0.2) is 20.4 Å². The molecule has 0 bridgehead atoms. The highest BCUT2D eigenvalue weighted by Gasteiger charge is 2.18. The molecule has 0 radical (unpaired) electrons. The van der Waals surface area contributed by atoms with Crippen molar-refractivity contribution < 1.29 is 4.79 Å². The Kier molecular flexibility index (Phi) is 4.89. The van der Waals surface area contributed by atoms with Crippen molar-refractivity contribution in [1.82, 2.24) is 14.5 Å². The molecule has 4 rings (SSSR count). The SMILES string of the molecule is Cc1cc(C)nc(NC(=O)c2nc3ccccc3n2CCc2ccccc2)c1. The molecule has 0 saturated carbocycles. The van der Waals surface area contributed by atoms with Gasteiger partial charge in [0.2, 0.25) is 0 Å². The van der Waals surface area contributed by atoms with E-state index < -0.39 is 0 Å². The molecule has 1 N–H and O–H groups in total. The van der Waals surface area contributed by atoms with Crippen LogP contribution in [0.15, 0.2) is 66.7 Å². The highest BCUT2D eigenvalue weighted by atomic mass is 16.2. The molecule has 2 heterocycles. The molecule has 0 saturated heterocycles. The van der Waals surface area contributed by atoms with Gasteiger partial charge in [-0.05, 0) is 55.7 Å². The van der Waals surface area contributed by atoms with E-state index in [4.69, 9.17) is 0 Å². The molecule has 5 heteroatoms. The van der Waals surface area contributed by atoms with Crippen molar-refractivity contribution in [2.24, 2.45) is 0 Å². The smallest absolute Gasteiger partial charge is 0.292 e. The van der Waals surface area contributed by atoms with Crippen molar-refractivity contribution in [2.45, 2.75) is 26.8 Å². The summed E-state index contributed by atoms with van der Waals surface area (Å²) >= 11 is 0. The number of benzene rings is 2. The van der Waals surface area contributed by atoms with Crippen LogP contribution in [0.3, 0.4) is 0 Å². The van der Waals surface area contributed by atoms with E-state index in [0.717, 1.165) is 28.7 Å². The largest absolute Gasteiger partial charge is 0.320 e. The van der Waals surface area contributed by atoms with E-state index in [2.05, 4.69) is 27.4 Å². The van der Waals surface area contributed by atoms with Gasteiger partial charge in [-0.1, -0.05) is 42.5 Å². The van der Waals surface area contributed by atoms with Crippen molar-refractivity contribution in [3.63, 3.8) is 0 Å². The molecule has 0 aliphatic rings. The van der Waals surface area contributed by atoms with E-state index in [9.17, 15) is 4.79 Å². The van der Waals surface area contributed by atoms with Crippen LogP contribution in [0, 0.1) is 13.8 Å². The first-order valence-electron chi connectivity index (χ1n) is 9.36. The first-order chi connectivity index (χ1) is 13.6. The fourth-order valence-electron chi connectivity index (χ4n) is 3.44. The molecular weight excluding hydrogens is 348 g/mol. The van der Waals surface area contributed by atoms with E-state index in [1.165, 1.54) is 5.56 Å². The Hall–Kier alpha value is -3.47. The average molecular weight is 370 g/mol. The number of hydrogen-bond donors (Lipinski definition) is 1. The average Bonchev–Trinajstić information content (AvgIpc) is 3.05. The lowest BCUT2D eigenvalue weighted by atomic mass is 10.1. The molecule has 2 aromatic carbocycles. The fraction of sp³-hybridized carbons (Fsp3) is 0.174. The summed E-state index contributed by atoms with van der Waals surface area (Å²) in [6, 6.07) is 21.9. The van der Waals surface area contributed by atoms with Gasteiger partial charge in [0.15, 0.2) is 5.82 Å². The lowest BCUT2D eigenvalue weighted by Gasteiger charge is -2.10. The van der Waals surface area contributed by atoms with E-state index in [0.29, 0.717) is 18.2 Å². The zero-order chi connectivity index (χ0) is 19.5. The number of amides is 1. The number of aromatic nitrogens is 3. The molecule has 140 valence electrons. The van der Waals surface area contributed by atoms with Gasteiger partial charge in [-0.2, -0.15) is 0 Å². The number of carbonyl (C=O) groups is 1. The highest BCUT2D eigenvalue weighted by Crippen LogP contribution is 2.18. The zero-order valence-electron chi connectivity index (χ0n) is 16.0. The Morgan fingerprint density at radius 1 is 0.964 bits per heavy atom. The number of nitrogens with zero attached hydrogens (tertiary/aromatic N) is 3. The molecule has 4 aromatic rings. The zero-order valence-corrected chi connectivity index (χ0v) is 16.0. The first kappa shape index (κ1) is 17.9. The number of nitrogens with one attached hydrogen (secondary N) is 1. The molecule has 1 amide bonds. The minimum absolute atomic E-state index is 0.248. The van der Waals surface area contributed by atoms with Crippen LogP contribution < -0.4 is 5.32 Å². The molecule has 5 nitrogen and oxygen atoms in total. The van der Waals surface area contributed by atoms with Crippen LogP contribution >= 0.6 is 0 Å². The Morgan fingerprint density at radius 3 is 2.50 bits per heavy atom. The van der Waals surface area contributed by atoms with Crippen LogP contribution in [0.1, 0.15) is 27.4 Å². The second-order valence-electron chi connectivity index (χ2n) is 6.94. The van der Waals surface area contributed by atoms with Crippen molar-refractivity contribution in [2.75, 3.05) is 5.32 Å². The number of fused-ring (bicyclic) bond motifs is 1. The highest BCUT2D eigenvalue weighted by molar-refractivity contribution is 6.03. The maximum Gasteiger partial charge on any atom is 0.292 e. The molecule has 0 unspecified atom stereocenters. The van der Waals surface area contributed by atoms with Gasteiger partial charge in [0.05, 0.1) is 11.0 Å². The number of hydrogen-bond acceptors (Lipinski definition) is 3. The van der Waals surface area contributed by atoms with Crippen molar-refractivity contribution >= 4 is 22.8 Å². The van der Waals surface area contributed by atoms with Crippen LogP contribution in [0.4, 0.5) is 5.82 Å². The summed E-state index contributed by atoms with van der Waals surface area (Å²) in [5.41, 5.74) is 4.92. The molecule has 0 fully saturated rings. The number of para-hydroxylation sites is 2. The Bertz CT molecular complexity index is 1110. The molecule has 2 aromatic heterocycles. The summed E-state index contributed by atoms with van der Waals surface area (Å²) in [6.45, 7) is 4.57. The van der Waals surface area contributed by atoms with Crippen molar-refractivity contribution in [1.29, 1.82) is 0 Å². The number of pyridine rings is 1. The monoisotopic (exact) mass is 370 g/mol. The van der Waals surface area contributed by atoms with Gasteiger partial charge in [0, 0.05) is 12.2 Å². The molecule has 28 heavy (non-hydrogen) atoms. The number of anilines is 1. The van der Waals surface area contributed by atoms with Crippen molar-refractivity contribution in [3.8, 4) is 0 Å². The van der Waals surface area contributed by atoms with Crippen molar-refractivity contribution in [3.05, 3.63) is 89.4 Å². The second kappa shape index (κ2) is 7.64. The summed E-state index contributed by atoms with van der Waals surface area (Å²) in [7, 11) is 0. The fourth-order valence-corrected chi connectivity index (χ4v) is 3.44. The maximum absolute atomic E-state index is 13.0. The summed E-state index contributed by atoms with van der Waals surface area (Å²) in [6.07, 6.45) is 0.823. The predicted molar refractivity (Wildman–Crippen MR) is 112 cm³/mol. The third-order valence-electron chi connectivity index (χ3n) is 4.66. The summed E-state index contributed by atoms with van der Waals surface area (Å²) < 4.78 is 1.99. The number of carbonyl (C=O) groups excluding carboxylic acids is 1. The van der Waals surface area contributed by atoms with E-state index >= 15 is 0 Å². The van der Waals surface area contributed by atoms with Crippen LogP contribution in [0.25, 0.3) is 11.0 Å². The van der Waals surface area contributed by atoms with Crippen LogP contribution in [0.5, 0.6) is 0 Å². The Labute approximate surface area is 164 Å². The summed E-state index contributed by atoms with van der Waals surface area (Å²) in [4.78, 5) is 22.0. The van der Waals surface area contributed by atoms with Crippen LogP contribution in [-0.2, 0) is 13.0 Å². The predicted octanol–water partition coefficient (Wildman–Crippen LogP) is 4.54. The molecule has 0 spiro atoms. The summed E-state index contributed by atoms with van der Waals surface area (Å²) in [5.74, 6) is 0.698. The van der Waals surface area contributed by atoms with Gasteiger partial charge in [0.1, 0.15) is 5.82 Å². The maximum atomic E-state index is 13.0. The molecule has 0 aliphatic heterocycles. The molecular formula is C23H22N4O. The first-order valence-corrected chi connectivity index (χ1v) is 9.36. The Balaban J connectivity index is 1.66. The minimum atomic E-state index is -0.248. The van der Waals surface area contributed by atoms with Gasteiger partial charge in [0.25, 0.3) is 5.91 Å². The van der Waals surface area contributed by atoms with Gasteiger partial charge < -0.3 is 9.88 Å². The second-order valence-corrected chi connectivity index (χ2v) is 6.94. The molecule has 0 aliphatic carbocycles. The van der Waals surface area contributed by atoms with Gasteiger partial charge in [-0.15, -0.1) is 0 Å². The quantitative estimate of drug-likeness (QED) is 0.561. The van der Waals surface area contributed by atoms with E-state index in [-0.39, 0.29) is 5.91 Å². The normalized spacial score (nSPS) is 10.9. The summed E-state index contributed by atoms with van der Waals surface area (Å²) in [5, 5.41) is 2.91. The van der Waals surface area contributed by atoms with Gasteiger partial charge in [-0.3, -0.25) is 4.79 Å². The number of rotatable bonds is 5. The number of aryl methyl sites for hydroxylation is 4.